The summed E-state index contributed by atoms with van der Waals surface area (Å²) in [5, 5.41) is 9.35. The van der Waals surface area contributed by atoms with Gasteiger partial charge in [0.1, 0.15) is 11.3 Å². The van der Waals surface area contributed by atoms with Crippen molar-refractivity contribution in [3.8, 4) is 5.95 Å². The standard InChI is InChI=1S/C11H10O3/c1-4-7-9(6-3)14-11(13)10(7)8(12)5-2/h4-6,13H,1-3H2. The molecule has 1 heterocycles. The molecule has 0 aliphatic rings. The summed E-state index contributed by atoms with van der Waals surface area (Å²) in [6.07, 6.45) is 3.93. The quantitative estimate of drug-likeness (QED) is 0.586. The highest BCUT2D eigenvalue weighted by Crippen LogP contribution is 2.30. The van der Waals surface area contributed by atoms with Crippen LogP contribution in [-0.4, -0.2) is 10.9 Å². The van der Waals surface area contributed by atoms with E-state index in [0.717, 1.165) is 6.08 Å². The van der Waals surface area contributed by atoms with E-state index in [9.17, 15) is 9.90 Å². The average molecular weight is 190 g/mol. The fraction of sp³-hybridized carbons (Fsp3) is 0. The molecule has 0 unspecified atom stereocenters. The zero-order valence-electron chi connectivity index (χ0n) is 7.62. The van der Waals surface area contributed by atoms with Crippen LogP contribution in [-0.2, 0) is 0 Å². The summed E-state index contributed by atoms with van der Waals surface area (Å²) in [6.45, 7) is 10.3. The van der Waals surface area contributed by atoms with Crippen LogP contribution in [0.25, 0.3) is 12.2 Å². The SMILES string of the molecule is C=CC(=O)c1c(O)oc(C=C)c1C=C. The molecule has 0 atom stereocenters. The van der Waals surface area contributed by atoms with Gasteiger partial charge >= 0.3 is 0 Å². The van der Waals surface area contributed by atoms with Gasteiger partial charge in [0, 0.05) is 5.56 Å². The first-order chi connectivity index (χ1) is 6.65. The lowest BCUT2D eigenvalue weighted by Gasteiger charge is -1.92. The number of aromatic hydroxyl groups is 1. The van der Waals surface area contributed by atoms with Gasteiger partial charge in [-0.3, -0.25) is 4.79 Å². The van der Waals surface area contributed by atoms with E-state index in [2.05, 4.69) is 19.7 Å². The molecule has 1 rings (SSSR count). The molecule has 0 aliphatic heterocycles. The van der Waals surface area contributed by atoms with E-state index in [1.165, 1.54) is 12.2 Å². The predicted octanol–water partition coefficient (Wildman–Crippen LogP) is 2.64. The van der Waals surface area contributed by atoms with Crippen LogP contribution in [0.1, 0.15) is 21.7 Å². The van der Waals surface area contributed by atoms with E-state index in [0.29, 0.717) is 11.3 Å². The fourth-order valence-corrected chi connectivity index (χ4v) is 1.14. The molecule has 1 aromatic heterocycles. The highest BCUT2D eigenvalue weighted by atomic mass is 16.5. The number of hydrogen-bond donors (Lipinski definition) is 1. The van der Waals surface area contributed by atoms with Gasteiger partial charge in [-0.2, -0.15) is 0 Å². The summed E-state index contributed by atoms with van der Waals surface area (Å²) in [4.78, 5) is 11.3. The number of furan rings is 1. The molecular formula is C11H10O3. The summed E-state index contributed by atoms with van der Waals surface area (Å²) in [6, 6.07) is 0. The van der Waals surface area contributed by atoms with E-state index in [1.807, 2.05) is 0 Å². The second-order valence-electron chi connectivity index (χ2n) is 2.54. The maximum Gasteiger partial charge on any atom is 0.294 e. The predicted molar refractivity (Wildman–Crippen MR) is 55.1 cm³/mol. The number of ketones is 1. The summed E-state index contributed by atoms with van der Waals surface area (Å²) in [5.41, 5.74) is 0.507. The highest BCUT2D eigenvalue weighted by molar-refractivity contribution is 6.08. The van der Waals surface area contributed by atoms with Gasteiger partial charge in [-0.15, -0.1) is 0 Å². The van der Waals surface area contributed by atoms with E-state index in [4.69, 9.17) is 4.42 Å². The molecule has 0 saturated heterocycles. The minimum Gasteiger partial charge on any atom is -0.480 e. The average Bonchev–Trinajstić information content (AvgIpc) is 2.53. The van der Waals surface area contributed by atoms with Crippen molar-refractivity contribution in [3.63, 3.8) is 0 Å². The van der Waals surface area contributed by atoms with Gasteiger partial charge in [-0.05, 0) is 12.2 Å². The molecule has 0 spiro atoms. The maximum absolute atomic E-state index is 11.3. The van der Waals surface area contributed by atoms with Crippen molar-refractivity contribution < 1.29 is 14.3 Å². The van der Waals surface area contributed by atoms with Gasteiger partial charge in [0.2, 0.25) is 0 Å². The zero-order valence-corrected chi connectivity index (χ0v) is 7.62. The van der Waals surface area contributed by atoms with Crippen molar-refractivity contribution in [1.29, 1.82) is 0 Å². The molecule has 0 aliphatic carbocycles. The third-order valence-corrected chi connectivity index (χ3v) is 1.78. The topological polar surface area (TPSA) is 50.4 Å². The van der Waals surface area contributed by atoms with Crippen LogP contribution in [0.2, 0.25) is 0 Å². The Morgan fingerprint density at radius 2 is 1.93 bits per heavy atom. The number of allylic oxidation sites excluding steroid dienone is 1. The van der Waals surface area contributed by atoms with Crippen molar-refractivity contribution in [2.45, 2.75) is 0 Å². The molecule has 3 heteroatoms. The van der Waals surface area contributed by atoms with Gasteiger partial charge in [0.15, 0.2) is 5.78 Å². The fourth-order valence-electron chi connectivity index (χ4n) is 1.14. The lowest BCUT2D eigenvalue weighted by molar-refractivity contribution is 0.104. The Morgan fingerprint density at radius 1 is 1.29 bits per heavy atom. The van der Waals surface area contributed by atoms with Gasteiger partial charge in [0.05, 0.1) is 0 Å². The van der Waals surface area contributed by atoms with Crippen molar-refractivity contribution in [1.82, 2.24) is 0 Å². The number of carbonyl (C=O) groups excluding carboxylic acids is 1. The molecule has 14 heavy (non-hydrogen) atoms. The van der Waals surface area contributed by atoms with Crippen LogP contribution in [0.15, 0.2) is 30.2 Å². The zero-order chi connectivity index (χ0) is 10.7. The maximum atomic E-state index is 11.3. The first-order valence-corrected chi connectivity index (χ1v) is 3.93. The van der Waals surface area contributed by atoms with E-state index >= 15 is 0 Å². The normalized spacial score (nSPS) is 9.43. The Bertz CT molecular complexity index is 410. The van der Waals surface area contributed by atoms with Crippen molar-refractivity contribution in [2.75, 3.05) is 0 Å². The molecule has 3 nitrogen and oxygen atoms in total. The summed E-state index contributed by atoms with van der Waals surface area (Å²) < 4.78 is 4.91. The summed E-state index contributed by atoms with van der Waals surface area (Å²) in [5.74, 6) is -0.517. The minimum atomic E-state index is -0.431. The monoisotopic (exact) mass is 190 g/mol. The molecular weight excluding hydrogens is 180 g/mol. The Hall–Kier alpha value is -2.03. The molecule has 0 saturated carbocycles. The first kappa shape index (κ1) is 10.1. The lowest BCUT2D eigenvalue weighted by atomic mass is 10.1. The molecule has 0 amide bonds. The van der Waals surface area contributed by atoms with Crippen molar-refractivity contribution in [3.05, 3.63) is 42.7 Å². The Morgan fingerprint density at radius 3 is 2.36 bits per heavy atom. The highest BCUT2D eigenvalue weighted by Gasteiger charge is 2.20. The van der Waals surface area contributed by atoms with Crippen molar-refractivity contribution >= 4 is 17.9 Å². The van der Waals surface area contributed by atoms with Crippen LogP contribution >= 0.6 is 0 Å². The smallest absolute Gasteiger partial charge is 0.294 e. The molecule has 0 fully saturated rings. The number of rotatable bonds is 4. The van der Waals surface area contributed by atoms with Crippen molar-refractivity contribution in [2.24, 2.45) is 0 Å². The van der Waals surface area contributed by atoms with Crippen LogP contribution in [0.3, 0.4) is 0 Å². The van der Waals surface area contributed by atoms with Gasteiger partial charge in [0.25, 0.3) is 5.95 Å². The minimum absolute atomic E-state index is 0.0740. The van der Waals surface area contributed by atoms with Crippen LogP contribution < -0.4 is 0 Å². The third kappa shape index (κ3) is 1.40. The lowest BCUT2D eigenvalue weighted by Crippen LogP contribution is -1.94. The summed E-state index contributed by atoms with van der Waals surface area (Å²) >= 11 is 0. The molecule has 1 aromatic rings. The Labute approximate surface area is 81.7 Å². The first-order valence-electron chi connectivity index (χ1n) is 3.93. The van der Waals surface area contributed by atoms with Crippen LogP contribution in [0.4, 0.5) is 0 Å². The van der Waals surface area contributed by atoms with Gasteiger partial charge < -0.3 is 9.52 Å². The second kappa shape index (κ2) is 3.79. The molecule has 0 bridgehead atoms. The van der Waals surface area contributed by atoms with Gasteiger partial charge in [-0.1, -0.05) is 25.8 Å². The number of hydrogen-bond acceptors (Lipinski definition) is 3. The summed E-state index contributed by atoms with van der Waals surface area (Å²) in [7, 11) is 0. The van der Waals surface area contributed by atoms with E-state index < -0.39 is 11.7 Å². The third-order valence-electron chi connectivity index (χ3n) is 1.78. The largest absolute Gasteiger partial charge is 0.480 e. The van der Waals surface area contributed by atoms with E-state index in [-0.39, 0.29) is 5.56 Å². The van der Waals surface area contributed by atoms with Gasteiger partial charge in [-0.25, -0.2) is 0 Å². The molecule has 0 aromatic carbocycles. The van der Waals surface area contributed by atoms with E-state index in [1.54, 1.807) is 0 Å². The molecule has 0 radical (unpaired) electrons. The van der Waals surface area contributed by atoms with Crippen LogP contribution in [0.5, 0.6) is 5.95 Å². The Kier molecular flexibility index (Phi) is 2.72. The second-order valence-corrected chi connectivity index (χ2v) is 2.54. The number of carbonyl (C=O) groups is 1. The Balaban J connectivity index is 3.47. The molecule has 1 N–H and O–H groups in total. The molecule has 72 valence electrons. The van der Waals surface area contributed by atoms with Crippen LogP contribution in [0, 0.1) is 0 Å².